The van der Waals surface area contributed by atoms with Gasteiger partial charge in [0.2, 0.25) is 0 Å². The summed E-state index contributed by atoms with van der Waals surface area (Å²) in [7, 11) is 0. The number of ketones is 1. The summed E-state index contributed by atoms with van der Waals surface area (Å²) < 4.78 is 0. The van der Waals surface area contributed by atoms with Crippen LogP contribution in [0.1, 0.15) is 40.9 Å². The van der Waals surface area contributed by atoms with Gasteiger partial charge in [-0.15, -0.1) is 0 Å². The van der Waals surface area contributed by atoms with Crippen molar-refractivity contribution in [1.82, 2.24) is 0 Å². The van der Waals surface area contributed by atoms with Crippen LogP contribution in [0.5, 0.6) is 0 Å². The average molecular weight is 187 g/mol. The highest BCUT2D eigenvalue weighted by molar-refractivity contribution is 5.94. The van der Waals surface area contributed by atoms with Crippen molar-refractivity contribution in [2.24, 2.45) is 0 Å². The van der Waals surface area contributed by atoms with Crippen LogP contribution < -0.4 is 0 Å². The van der Waals surface area contributed by atoms with Crippen molar-refractivity contribution < 1.29 is 4.79 Å². The molecule has 0 aliphatic heterocycles. The van der Waals surface area contributed by atoms with E-state index in [-0.39, 0.29) is 5.78 Å². The van der Waals surface area contributed by atoms with E-state index in [0.29, 0.717) is 11.1 Å². The van der Waals surface area contributed by atoms with Crippen molar-refractivity contribution in [2.45, 2.75) is 27.2 Å². The lowest BCUT2D eigenvalue weighted by molar-refractivity contribution is 0.101. The lowest BCUT2D eigenvalue weighted by Crippen LogP contribution is -1.99. The maximum Gasteiger partial charge on any atom is 0.159 e. The van der Waals surface area contributed by atoms with Crippen LogP contribution in [0, 0.1) is 18.3 Å². The van der Waals surface area contributed by atoms with Gasteiger partial charge in [0.05, 0.1) is 11.6 Å². The number of carbonyl (C=O) groups is 1. The molecule has 0 fully saturated rings. The van der Waals surface area contributed by atoms with Crippen molar-refractivity contribution >= 4 is 5.78 Å². The predicted molar refractivity (Wildman–Crippen MR) is 55.3 cm³/mol. The van der Waals surface area contributed by atoms with Gasteiger partial charge in [-0.25, -0.2) is 0 Å². The molecular formula is C12H13NO. The first-order valence-corrected chi connectivity index (χ1v) is 4.64. The molecule has 0 amide bonds. The quantitative estimate of drug-likeness (QED) is 0.668. The van der Waals surface area contributed by atoms with Crippen molar-refractivity contribution in [3.05, 3.63) is 34.4 Å². The Bertz CT molecular complexity index is 413. The fourth-order valence-corrected chi connectivity index (χ4v) is 1.50. The zero-order valence-corrected chi connectivity index (χ0v) is 8.72. The van der Waals surface area contributed by atoms with E-state index in [1.807, 2.05) is 19.9 Å². The molecule has 0 atom stereocenters. The zero-order valence-electron chi connectivity index (χ0n) is 8.72. The Balaban J connectivity index is 3.40. The second kappa shape index (κ2) is 4.06. The fourth-order valence-electron chi connectivity index (χ4n) is 1.50. The number of benzene rings is 1. The normalized spacial score (nSPS) is 9.57. The minimum absolute atomic E-state index is 0.0484. The molecule has 0 saturated heterocycles. The molecule has 0 heterocycles. The average Bonchev–Trinajstić information content (AvgIpc) is 2.16. The molecular weight excluding hydrogens is 174 g/mol. The van der Waals surface area contributed by atoms with E-state index >= 15 is 0 Å². The van der Waals surface area contributed by atoms with E-state index in [9.17, 15) is 4.79 Å². The monoisotopic (exact) mass is 187 g/mol. The highest BCUT2D eigenvalue weighted by atomic mass is 16.1. The Labute approximate surface area is 84.2 Å². The number of hydrogen-bond donors (Lipinski definition) is 0. The SMILES string of the molecule is CCc1cc(C(C)=O)cc(C)c1C#N. The molecule has 0 saturated carbocycles. The van der Waals surface area contributed by atoms with Crippen molar-refractivity contribution in [1.29, 1.82) is 5.26 Å². The molecule has 0 aromatic heterocycles. The number of Topliss-reactive ketones (excluding diaryl/α,β-unsaturated/α-hetero) is 1. The summed E-state index contributed by atoms with van der Waals surface area (Å²) in [5.41, 5.74) is 3.24. The molecule has 1 rings (SSSR count). The van der Waals surface area contributed by atoms with Gasteiger partial charge in [-0.2, -0.15) is 5.26 Å². The molecule has 1 aromatic rings. The Kier molecular flexibility index (Phi) is 3.03. The van der Waals surface area contributed by atoms with Crippen molar-refractivity contribution in [3.8, 4) is 6.07 Å². The maximum atomic E-state index is 11.2. The van der Waals surface area contributed by atoms with Gasteiger partial charge in [-0.1, -0.05) is 6.92 Å². The van der Waals surface area contributed by atoms with Crippen LogP contribution in [0.15, 0.2) is 12.1 Å². The standard InChI is InChI=1S/C12H13NO/c1-4-10-6-11(9(3)14)5-8(2)12(10)7-13/h5-6H,4H2,1-3H3. The predicted octanol–water partition coefficient (Wildman–Crippen LogP) is 2.63. The third-order valence-electron chi connectivity index (χ3n) is 2.32. The molecule has 0 aliphatic rings. The van der Waals surface area contributed by atoms with Gasteiger partial charge in [0, 0.05) is 5.56 Å². The molecule has 14 heavy (non-hydrogen) atoms. The summed E-state index contributed by atoms with van der Waals surface area (Å²) in [6, 6.07) is 5.76. The Morgan fingerprint density at radius 2 is 2.14 bits per heavy atom. The highest BCUT2D eigenvalue weighted by Crippen LogP contribution is 2.17. The molecule has 0 radical (unpaired) electrons. The van der Waals surface area contributed by atoms with E-state index in [0.717, 1.165) is 17.5 Å². The van der Waals surface area contributed by atoms with Gasteiger partial charge in [0.15, 0.2) is 5.78 Å². The lowest BCUT2D eigenvalue weighted by Gasteiger charge is -2.06. The molecule has 72 valence electrons. The van der Waals surface area contributed by atoms with Gasteiger partial charge in [0.25, 0.3) is 0 Å². The van der Waals surface area contributed by atoms with Gasteiger partial charge >= 0.3 is 0 Å². The smallest absolute Gasteiger partial charge is 0.159 e. The zero-order chi connectivity index (χ0) is 10.7. The van der Waals surface area contributed by atoms with E-state index in [4.69, 9.17) is 5.26 Å². The topological polar surface area (TPSA) is 40.9 Å². The third-order valence-corrected chi connectivity index (χ3v) is 2.32. The van der Waals surface area contributed by atoms with E-state index < -0.39 is 0 Å². The minimum atomic E-state index is 0.0484. The second-order valence-corrected chi connectivity index (χ2v) is 3.35. The molecule has 0 spiro atoms. The van der Waals surface area contributed by atoms with Crippen LogP contribution in [0.2, 0.25) is 0 Å². The van der Waals surface area contributed by atoms with Crippen LogP contribution in [0.4, 0.5) is 0 Å². The Morgan fingerprint density at radius 3 is 2.57 bits per heavy atom. The van der Waals surface area contributed by atoms with Gasteiger partial charge < -0.3 is 0 Å². The first kappa shape index (κ1) is 10.5. The van der Waals surface area contributed by atoms with Gasteiger partial charge in [0.1, 0.15) is 0 Å². The largest absolute Gasteiger partial charge is 0.295 e. The summed E-state index contributed by atoms with van der Waals surface area (Å²) in [5.74, 6) is 0.0484. The molecule has 0 unspecified atom stereocenters. The van der Waals surface area contributed by atoms with Crippen LogP contribution in [-0.4, -0.2) is 5.78 Å². The second-order valence-electron chi connectivity index (χ2n) is 3.35. The summed E-state index contributed by atoms with van der Waals surface area (Å²) >= 11 is 0. The van der Waals surface area contributed by atoms with E-state index in [2.05, 4.69) is 6.07 Å². The van der Waals surface area contributed by atoms with E-state index in [1.165, 1.54) is 0 Å². The summed E-state index contributed by atoms with van der Waals surface area (Å²) in [4.78, 5) is 11.2. The molecule has 0 bridgehead atoms. The van der Waals surface area contributed by atoms with Gasteiger partial charge in [-0.05, 0) is 43.5 Å². The van der Waals surface area contributed by atoms with Gasteiger partial charge in [-0.3, -0.25) is 4.79 Å². The number of nitriles is 1. The maximum absolute atomic E-state index is 11.2. The third kappa shape index (κ3) is 1.82. The Hall–Kier alpha value is -1.62. The van der Waals surface area contributed by atoms with Crippen LogP contribution in [0.3, 0.4) is 0 Å². The number of aryl methyl sites for hydroxylation is 2. The summed E-state index contributed by atoms with van der Waals surface area (Å²) in [6.45, 7) is 5.39. The van der Waals surface area contributed by atoms with Crippen molar-refractivity contribution in [3.63, 3.8) is 0 Å². The molecule has 1 aromatic carbocycles. The van der Waals surface area contributed by atoms with Crippen molar-refractivity contribution in [2.75, 3.05) is 0 Å². The van der Waals surface area contributed by atoms with E-state index in [1.54, 1.807) is 13.0 Å². The van der Waals surface area contributed by atoms with Crippen LogP contribution >= 0.6 is 0 Å². The fraction of sp³-hybridized carbons (Fsp3) is 0.333. The molecule has 2 nitrogen and oxygen atoms in total. The first-order chi connectivity index (χ1) is 6.60. The summed E-state index contributed by atoms with van der Waals surface area (Å²) in [6.07, 6.45) is 0.783. The molecule has 0 N–H and O–H groups in total. The minimum Gasteiger partial charge on any atom is -0.295 e. The van der Waals surface area contributed by atoms with Crippen LogP contribution in [-0.2, 0) is 6.42 Å². The number of carbonyl (C=O) groups excluding carboxylic acids is 1. The van der Waals surface area contributed by atoms with Crippen LogP contribution in [0.25, 0.3) is 0 Å². The first-order valence-electron chi connectivity index (χ1n) is 4.64. The summed E-state index contributed by atoms with van der Waals surface area (Å²) in [5, 5.41) is 8.92. The Morgan fingerprint density at radius 1 is 1.50 bits per heavy atom. The molecule has 0 aliphatic carbocycles. The molecule has 2 heteroatoms. The number of nitrogens with zero attached hydrogens (tertiary/aromatic N) is 1. The lowest BCUT2D eigenvalue weighted by atomic mass is 9.96. The number of rotatable bonds is 2. The number of hydrogen-bond acceptors (Lipinski definition) is 2. The highest BCUT2D eigenvalue weighted by Gasteiger charge is 2.08.